The molecular weight excluding hydrogens is 292 g/mol. The van der Waals surface area contributed by atoms with E-state index in [9.17, 15) is 4.79 Å². The Morgan fingerprint density at radius 3 is 2.65 bits per heavy atom. The molecule has 0 radical (unpaired) electrons. The Morgan fingerprint density at radius 2 is 2.00 bits per heavy atom. The van der Waals surface area contributed by atoms with Gasteiger partial charge in [-0.25, -0.2) is 0 Å². The van der Waals surface area contributed by atoms with E-state index in [0.29, 0.717) is 6.04 Å². The Hall–Kier alpha value is -1.75. The van der Waals surface area contributed by atoms with Crippen LogP contribution in [0.5, 0.6) is 5.75 Å². The van der Waals surface area contributed by atoms with Crippen molar-refractivity contribution in [1.82, 2.24) is 5.32 Å². The monoisotopic (exact) mass is 318 g/mol. The van der Waals surface area contributed by atoms with Gasteiger partial charge in [-0.1, -0.05) is 0 Å². The molecule has 2 fully saturated rings. The van der Waals surface area contributed by atoms with Crippen LogP contribution >= 0.6 is 0 Å². The van der Waals surface area contributed by atoms with Crippen LogP contribution in [0.1, 0.15) is 38.2 Å². The zero-order chi connectivity index (χ0) is 16.2. The predicted octanol–water partition coefficient (Wildman–Crippen LogP) is 2.63. The van der Waals surface area contributed by atoms with Gasteiger partial charge in [-0.3, -0.25) is 4.79 Å². The van der Waals surface area contributed by atoms with Crippen molar-refractivity contribution in [1.29, 1.82) is 0 Å². The summed E-state index contributed by atoms with van der Waals surface area (Å²) in [7, 11) is 0. The standard InChI is InChI=1S/C18H26N2O3/c1-12-11-15(19-13(2)18(21)20-14-3-4-14)5-6-17(12)23-16-7-9-22-10-8-16/h5-6,11,13-14,16,19H,3-4,7-10H2,1-2H3,(H,20,21). The Labute approximate surface area is 137 Å². The summed E-state index contributed by atoms with van der Waals surface area (Å²) in [4.78, 5) is 12.0. The van der Waals surface area contributed by atoms with Gasteiger partial charge in [0.2, 0.25) is 5.91 Å². The smallest absolute Gasteiger partial charge is 0.242 e. The molecule has 1 saturated heterocycles. The maximum absolute atomic E-state index is 12.0. The number of rotatable bonds is 6. The largest absolute Gasteiger partial charge is 0.490 e. The second-order valence-corrected chi connectivity index (χ2v) is 6.56. The lowest BCUT2D eigenvalue weighted by molar-refractivity contribution is -0.121. The van der Waals surface area contributed by atoms with Crippen LogP contribution in [-0.2, 0) is 9.53 Å². The summed E-state index contributed by atoms with van der Waals surface area (Å²) in [5, 5.41) is 6.27. The summed E-state index contributed by atoms with van der Waals surface area (Å²) >= 11 is 0. The first-order chi connectivity index (χ1) is 11.1. The highest BCUT2D eigenvalue weighted by Crippen LogP contribution is 2.25. The lowest BCUT2D eigenvalue weighted by Crippen LogP contribution is -2.38. The normalized spacial score (nSPS) is 19.9. The number of nitrogens with one attached hydrogen (secondary N) is 2. The third kappa shape index (κ3) is 4.61. The Kier molecular flexibility index (Phi) is 5.06. The van der Waals surface area contributed by atoms with E-state index in [4.69, 9.17) is 9.47 Å². The van der Waals surface area contributed by atoms with Crippen LogP contribution in [-0.4, -0.2) is 37.3 Å². The average molecular weight is 318 g/mol. The van der Waals surface area contributed by atoms with Crippen LogP contribution in [0.4, 0.5) is 5.69 Å². The second kappa shape index (κ2) is 7.21. The molecule has 0 spiro atoms. The molecule has 0 aromatic heterocycles. The summed E-state index contributed by atoms with van der Waals surface area (Å²) in [5.41, 5.74) is 2.02. The number of anilines is 1. The Morgan fingerprint density at radius 1 is 1.26 bits per heavy atom. The molecule has 1 aromatic carbocycles. The fourth-order valence-corrected chi connectivity index (χ4v) is 2.71. The zero-order valence-corrected chi connectivity index (χ0v) is 13.9. The minimum absolute atomic E-state index is 0.0627. The van der Waals surface area contributed by atoms with Crippen LogP contribution in [0.2, 0.25) is 0 Å². The third-order valence-electron chi connectivity index (χ3n) is 4.34. The highest BCUT2D eigenvalue weighted by Gasteiger charge is 2.25. The molecule has 1 unspecified atom stereocenters. The highest BCUT2D eigenvalue weighted by molar-refractivity contribution is 5.84. The van der Waals surface area contributed by atoms with Crippen LogP contribution in [0.15, 0.2) is 18.2 Å². The summed E-state index contributed by atoms with van der Waals surface area (Å²) in [6, 6.07) is 6.15. The predicted molar refractivity (Wildman–Crippen MR) is 89.9 cm³/mol. The van der Waals surface area contributed by atoms with E-state index < -0.39 is 0 Å². The first-order valence-electron chi connectivity index (χ1n) is 8.54. The van der Waals surface area contributed by atoms with Crippen molar-refractivity contribution in [2.24, 2.45) is 0 Å². The first kappa shape index (κ1) is 16.1. The number of benzene rings is 1. The average Bonchev–Trinajstić information content (AvgIpc) is 3.35. The van der Waals surface area contributed by atoms with Crippen LogP contribution in [0, 0.1) is 6.92 Å². The molecule has 0 bridgehead atoms. The van der Waals surface area contributed by atoms with Crippen molar-refractivity contribution in [3.05, 3.63) is 23.8 Å². The molecule has 2 aliphatic rings. The number of aryl methyl sites for hydroxylation is 1. The molecule has 1 heterocycles. The van der Waals surface area contributed by atoms with E-state index in [1.807, 2.05) is 32.0 Å². The number of hydrogen-bond acceptors (Lipinski definition) is 4. The Bertz CT molecular complexity index is 551. The topological polar surface area (TPSA) is 59.6 Å². The number of ether oxygens (including phenoxy) is 2. The fourth-order valence-electron chi connectivity index (χ4n) is 2.71. The molecule has 5 heteroatoms. The third-order valence-corrected chi connectivity index (χ3v) is 4.34. The molecule has 5 nitrogen and oxygen atoms in total. The van der Waals surface area contributed by atoms with E-state index in [1.165, 1.54) is 0 Å². The highest BCUT2D eigenvalue weighted by atomic mass is 16.5. The number of carbonyl (C=O) groups is 1. The minimum Gasteiger partial charge on any atom is -0.490 e. The van der Waals surface area contributed by atoms with E-state index in [1.54, 1.807) is 0 Å². The van der Waals surface area contributed by atoms with E-state index in [-0.39, 0.29) is 18.1 Å². The minimum atomic E-state index is -0.239. The van der Waals surface area contributed by atoms with Crippen LogP contribution in [0.25, 0.3) is 0 Å². The molecule has 126 valence electrons. The first-order valence-corrected chi connectivity index (χ1v) is 8.54. The summed E-state index contributed by atoms with van der Waals surface area (Å²) in [6.45, 7) is 5.47. The SMILES string of the molecule is Cc1cc(NC(C)C(=O)NC2CC2)ccc1OC1CCOCC1. The number of amides is 1. The van der Waals surface area contributed by atoms with Gasteiger partial charge in [0.25, 0.3) is 0 Å². The number of hydrogen-bond donors (Lipinski definition) is 2. The van der Waals surface area contributed by atoms with Crippen molar-refractivity contribution in [2.45, 2.75) is 57.7 Å². The Balaban J connectivity index is 1.56. The van der Waals surface area contributed by atoms with Crippen LogP contribution in [0.3, 0.4) is 0 Å². The summed E-state index contributed by atoms with van der Waals surface area (Å²) in [5.74, 6) is 0.977. The van der Waals surface area contributed by atoms with Gasteiger partial charge >= 0.3 is 0 Å². The van der Waals surface area contributed by atoms with Crippen molar-refractivity contribution < 1.29 is 14.3 Å². The zero-order valence-electron chi connectivity index (χ0n) is 13.9. The molecule has 1 atom stereocenters. The molecule has 1 saturated carbocycles. The molecule has 1 amide bonds. The van der Waals surface area contributed by atoms with Gasteiger partial charge < -0.3 is 20.1 Å². The van der Waals surface area contributed by atoms with E-state index >= 15 is 0 Å². The maximum Gasteiger partial charge on any atom is 0.242 e. The quantitative estimate of drug-likeness (QED) is 0.846. The van der Waals surface area contributed by atoms with E-state index in [2.05, 4.69) is 10.6 Å². The van der Waals surface area contributed by atoms with Crippen molar-refractivity contribution in [3.8, 4) is 5.75 Å². The molecule has 2 N–H and O–H groups in total. The van der Waals surface area contributed by atoms with Gasteiger partial charge in [-0.15, -0.1) is 0 Å². The maximum atomic E-state index is 12.0. The van der Waals surface area contributed by atoms with Gasteiger partial charge in [0.15, 0.2) is 0 Å². The van der Waals surface area contributed by atoms with Crippen molar-refractivity contribution in [2.75, 3.05) is 18.5 Å². The molecule has 3 rings (SSSR count). The summed E-state index contributed by atoms with van der Waals surface area (Å²) in [6.07, 6.45) is 4.34. The second-order valence-electron chi connectivity index (χ2n) is 6.56. The van der Waals surface area contributed by atoms with Gasteiger partial charge in [0, 0.05) is 24.6 Å². The lowest BCUT2D eigenvalue weighted by atomic mass is 10.1. The molecule has 1 aromatic rings. The van der Waals surface area contributed by atoms with Gasteiger partial charge in [-0.2, -0.15) is 0 Å². The number of carbonyl (C=O) groups excluding carboxylic acids is 1. The fraction of sp³-hybridized carbons (Fsp3) is 0.611. The van der Waals surface area contributed by atoms with Crippen molar-refractivity contribution >= 4 is 11.6 Å². The molecule has 1 aliphatic heterocycles. The lowest BCUT2D eigenvalue weighted by Gasteiger charge is -2.24. The summed E-state index contributed by atoms with van der Waals surface area (Å²) < 4.78 is 11.4. The molecule has 23 heavy (non-hydrogen) atoms. The van der Waals surface area contributed by atoms with Gasteiger partial charge in [-0.05, 0) is 50.5 Å². The van der Waals surface area contributed by atoms with Gasteiger partial charge in [0.05, 0.1) is 13.2 Å². The van der Waals surface area contributed by atoms with E-state index in [0.717, 1.165) is 55.9 Å². The molecule has 1 aliphatic carbocycles. The molecular formula is C18H26N2O3. The van der Waals surface area contributed by atoms with Crippen molar-refractivity contribution in [3.63, 3.8) is 0 Å². The van der Waals surface area contributed by atoms with Crippen LogP contribution < -0.4 is 15.4 Å². The van der Waals surface area contributed by atoms with Gasteiger partial charge in [0.1, 0.15) is 17.9 Å².